The Morgan fingerprint density at radius 1 is 0.905 bits per heavy atom. The summed E-state index contributed by atoms with van der Waals surface area (Å²) in [5, 5.41) is 9.30. The van der Waals surface area contributed by atoms with E-state index in [1.165, 1.54) is 19.4 Å². The Morgan fingerprint density at radius 3 is 2.33 bits per heavy atom. The highest BCUT2D eigenvalue weighted by Crippen LogP contribution is 2.36. The third-order valence-corrected chi connectivity index (χ3v) is 6.03. The van der Waals surface area contributed by atoms with Crippen molar-refractivity contribution in [1.82, 2.24) is 10.7 Å². The Morgan fingerprint density at radius 2 is 1.64 bits per heavy atom. The van der Waals surface area contributed by atoms with Crippen molar-refractivity contribution in [2.24, 2.45) is 5.10 Å². The summed E-state index contributed by atoms with van der Waals surface area (Å²) in [7, 11) is 3.09. The van der Waals surface area contributed by atoms with Gasteiger partial charge in [0.1, 0.15) is 0 Å². The van der Waals surface area contributed by atoms with Crippen molar-refractivity contribution in [3.05, 3.63) is 76.3 Å². The molecule has 0 unspecified atom stereocenters. The lowest BCUT2D eigenvalue weighted by molar-refractivity contribution is -0.139. The minimum absolute atomic E-state index is 0.171. The molecule has 3 amide bonds. The van der Waals surface area contributed by atoms with Gasteiger partial charge in [-0.15, -0.1) is 0 Å². The van der Waals surface area contributed by atoms with Crippen LogP contribution in [0.3, 0.4) is 0 Å². The molecule has 3 aromatic carbocycles. The van der Waals surface area contributed by atoms with E-state index in [-0.39, 0.29) is 35.6 Å². The zero-order valence-electron chi connectivity index (χ0n) is 23.8. The normalized spacial score (nSPS) is 10.6. The smallest absolute Gasteiger partial charge is 0.329 e. The summed E-state index contributed by atoms with van der Waals surface area (Å²) in [4.78, 5) is 36.7. The molecule has 0 aliphatic heterocycles. The Balaban J connectivity index is 1.52. The highest BCUT2D eigenvalue weighted by atomic mass is 35.5. The monoisotopic (exact) mass is 596 g/mol. The van der Waals surface area contributed by atoms with Crippen molar-refractivity contribution >= 4 is 41.2 Å². The number of carbonyl (C=O) groups excluding carboxylic acids is 3. The second-order valence-corrected chi connectivity index (χ2v) is 9.27. The van der Waals surface area contributed by atoms with Crippen LogP contribution in [0.1, 0.15) is 23.6 Å². The molecule has 0 heterocycles. The zero-order chi connectivity index (χ0) is 30.5. The number of nitrogens with zero attached hydrogens (tertiary/aromatic N) is 1. The third kappa shape index (κ3) is 9.41. The average Bonchev–Trinajstić information content (AvgIpc) is 2.97. The summed E-state index contributed by atoms with van der Waals surface area (Å²) in [6.45, 7) is 3.98. The van der Waals surface area contributed by atoms with E-state index < -0.39 is 11.8 Å². The summed E-state index contributed by atoms with van der Waals surface area (Å²) in [6, 6.07) is 15.9. The molecule has 11 nitrogen and oxygen atoms in total. The molecule has 222 valence electrons. The van der Waals surface area contributed by atoms with Crippen LogP contribution in [0.4, 0.5) is 5.69 Å². The van der Waals surface area contributed by atoms with Gasteiger partial charge in [-0.3, -0.25) is 14.4 Å². The van der Waals surface area contributed by atoms with E-state index in [0.29, 0.717) is 35.8 Å². The van der Waals surface area contributed by atoms with Gasteiger partial charge in [0, 0.05) is 12.2 Å². The summed E-state index contributed by atoms with van der Waals surface area (Å²) in [5.74, 6) is -0.499. The van der Waals surface area contributed by atoms with Crippen molar-refractivity contribution in [2.75, 3.05) is 39.3 Å². The van der Waals surface area contributed by atoms with E-state index in [1.807, 2.05) is 25.1 Å². The quantitative estimate of drug-likeness (QED) is 0.155. The lowest BCUT2D eigenvalue weighted by atomic mass is 10.1. The fourth-order valence-corrected chi connectivity index (χ4v) is 3.96. The summed E-state index contributed by atoms with van der Waals surface area (Å²) in [6.07, 6.45) is 1.78. The molecule has 0 saturated carbocycles. The van der Waals surface area contributed by atoms with E-state index in [9.17, 15) is 14.4 Å². The van der Waals surface area contributed by atoms with Gasteiger partial charge in [0.2, 0.25) is 0 Å². The highest BCUT2D eigenvalue weighted by molar-refractivity contribution is 6.35. The first-order valence-corrected chi connectivity index (χ1v) is 13.4. The fourth-order valence-electron chi connectivity index (χ4n) is 3.69. The predicted octanol–water partition coefficient (Wildman–Crippen LogP) is 3.89. The number of hydrogen-bond acceptors (Lipinski definition) is 8. The Kier molecular flexibility index (Phi) is 12.0. The molecule has 0 spiro atoms. The Bertz CT molecular complexity index is 1430. The van der Waals surface area contributed by atoms with Crippen LogP contribution in [-0.4, -0.2) is 57.9 Å². The van der Waals surface area contributed by atoms with Crippen molar-refractivity contribution in [3.8, 4) is 23.0 Å². The second kappa shape index (κ2) is 15.9. The van der Waals surface area contributed by atoms with Gasteiger partial charge in [-0.1, -0.05) is 35.4 Å². The number of ether oxygens (including phenoxy) is 4. The van der Waals surface area contributed by atoms with Gasteiger partial charge in [0.05, 0.1) is 32.1 Å². The van der Waals surface area contributed by atoms with E-state index in [0.717, 1.165) is 11.1 Å². The second-order valence-electron chi connectivity index (χ2n) is 8.86. The van der Waals surface area contributed by atoms with Crippen LogP contribution in [0.5, 0.6) is 23.0 Å². The van der Waals surface area contributed by atoms with Gasteiger partial charge in [-0.25, -0.2) is 5.43 Å². The number of carbonyl (C=O) groups is 3. The van der Waals surface area contributed by atoms with Crippen LogP contribution in [0.25, 0.3) is 0 Å². The fraction of sp³-hybridized carbons (Fsp3) is 0.267. The molecule has 0 fully saturated rings. The Labute approximate surface area is 249 Å². The van der Waals surface area contributed by atoms with E-state index >= 15 is 0 Å². The molecule has 0 aliphatic carbocycles. The predicted molar refractivity (Wildman–Crippen MR) is 160 cm³/mol. The van der Waals surface area contributed by atoms with Crippen LogP contribution in [0.2, 0.25) is 5.02 Å². The maximum Gasteiger partial charge on any atom is 0.329 e. The molecule has 0 saturated heterocycles. The van der Waals surface area contributed by atoms with Crippen molar-refractivity contribution < 1.29 is 33.3 Å². The summed E-state index contributed by atoms with van der Waals surface area (Å²) < 4.78 is 21.8. The average molecular weight is 597 g/mol. The van der Waals surface area contributed by atoms with Gasteiger partial charge in [-0.05, 0) is 67.8 Å². The zero-order valence-corrected chi connectivity index (χ0v) is 24.5. The number of methoxy groups -OCH3 is 2. The molecule has 0 radical (unpaired) electrons. The number of rotatable bonds is 13. The molecule has 3 rings (SSSR count). The molecule has 0 aliphatic rings. The molecule has 0 bridgehead atoms. The SMILES string of the molecule is CCOc1cc(/C=N\NC(=O)C(=O)NCCc2ccc(OC)c(OC)c2)cc(Cl)c1OCC(=O)Nc1ccc(C)cc1. The first-order valence-electron chi connectivity index (χ1n) is 13.0. The summed E-state index contributed by atoms with van der Waals surface area (Å²) in [5.41, 5.74) is 5.26. The Hall–Kier alpha value is -4.77. The molecule has 0 atom stereocenters. The summed E-state index contributed by atoms with van der Waals surface area (Å²) >= 11 is 6.40. The van der Waals surface area contributed by atoms with Crippen molar-refractivity contribution in [3.63, 3.8) is 0 Å². The largest absolute Gasteiger partial charge is 0.493 e. The maximum absolute atomic E-state index is 12.3. The molecule has 12 heteroatoms. The number of hydrogen-bond donors (Lipinski definition) is 3. The van der Waals surface area contributed by atoms with Crippen molar-refractivity contribution in [1.29, 1.82) is 0 Å². The number of benzene rings is 3. The standard InChI is InChI=1S/C30H33ClN4O7/c1-5-41-26-16-21(14-23(31)28(26)42-18-27(36)34-22-9-6-19(2)7-10-22)17-33-35-30(38)29(37)32-13-12-20-8-11-24(39-3)25(15-20)40-4/h6-11,14-17H,5,12-13,18H2,1-4H3,(H,32,37)(H,34,36)(H,35,38)/b33-17-. The van der Waals surface area contributed by atoms with Gasteiger partial charge in [0.15, 0.2) is 29.6 Å². The molecule has 42 heavy (non-hydrogen) atoms. The van der Waals surface area contributed by atoms with Gasteiger partial charge in [0.25, 0.3) is 5.91 Å². The van der Waals surface area contributed by atoms with Crippen LogP contribution in [0, 0.1) is 6.92 Å². The molecular weight excluding hydrogens is 564 g/mol. The van der Waals surface area contributed by atoms with Crippen LogP contribution in [0.15, 0.2) is 59.7 Å². The third-order valence-electron chi connectivity index (χ3n) is 5.75. The van der Waals surface area contributed by atoms with Crippen LogP contribution < -0.4 is 35.0 Å². The minimum Gasteiger partial charge on any atom is -0.493 e. The van der Waals surface area contributed by atoms with Gasteiger partial charge >= 0.3 is 11.8 Å². The molecule has 0 aromatic heterocycles. The minimum atomic E-state index is -0.936. The highest BCUT2D eigenvalue weighted by Gasteiger charge is 2.15. The van der Waals surface area contributed by atoms with Crippen LogP contribution in [-0.2, 0) is 20.8 Å². The number of anilines is 1. The molecule has 3 aromatic rings. The number of nitrogens with one attached hydrogen (secondary N) is 3. The van der Waals surface area contributed by atoms with Gasteiger partial charge in [-0.2, -0.15) is 5.10 Å². The number of halogens is 1. The lowest BCUT2D eigenvalue weighted by Crippen LogP contribution is -2.38. The lowest BCUT2D eigenvalue weighted by Gasteiger charge is -2.14. The van der Waals surface area contributed by atoms with Crippen molar-refractivity contribution in [2.45, 2.75) is 20.3 Å². The molecule has 3 N–H and O–H groups in total. The van der Waals surface area contributed by atoms with Crippen LogP contribution >= 0.6 is 11.6 Å². The first-order chi connectivity index (χ1) is 20.2. The molecular formula is C30H33ClN4O7. The van der Waals surface area contributed by atoms with E-state index in [2.05, 4.69) is 21.2 Å². The number of amides is 3. The number of hydrazone groups is 1. The van der Waals surface area contributed by atoms with E-state index in [1.54, 1.807) is 44.4 Å². The topological polar surface area (TPSA) is 137 Å². The maximum atomic E-state index is 12.3. The van der Waals surface area contributed by atoms with E-state index in [4.69, 9.17) is 30.5 Å². The number of aryl methyl sites for hydroxylation is 1. The first kappa shape index (κ1) is 31.8. The van der Waals surface area contributed by atoms with Gasteiger partial charge < -0.3 is 29.6 Å².